The zero-order valence-corrected chi connectivity index (χ0v) is 37.1. The van der Waals surface area contributed by atoms with Crippen LogP contribution in [0, 0.1) is 32.4 Å². The number of rotatable bonds is 9. The Bertz CT molecular complexity index is 2980. The van der Waals surface area contributed by atoms with E-state index in [2.05, 4.69) is 32.5 Å². The molecule has 3 aromatic carbocycles. The van der Waals surface area contributed by atoms with E-state index >= 15 is 9.18 Å². The van der Waals surface area contributed by atoms with Crippen molar-refractivity contribution in [3.05, 3.63) is 147 Å². The maximum Gasteiger partial charge on any atom is 0.338 e. The zero-order chi connectivity index (χ0) is 44.7. The molecule has 16 heteroatoms. The van der Waals surface area contributed by atoms with Gasteiger partial charge in [-0.1, -0.05) is 13.0 Å². The lowest BCUT2D eigenvalue weighted by atomic mass is 9.91. The highest BCUT2D eigenvalue weighted by molar-refractivity contribution is 7.93. The number of carbonyl (C=O) groups excluding carboxylic acids is 1. The third-order valence-electron chi connectivity index (χ3n) is 12.2. The van der Waals surface area contributed by atoms with Crippen LogP contribution in [0.2, 0.25) is 0 Å². The van der Waals surface area contributed by atoms with Crippen molar-refractivity contribution in [2.24, 2.45) is 15.1 Å². The van der Waals surface area contributed by atoms with Crippen molar-refractivity contribution in [3.63, 3.8) is 0 Å². The summed E-state index contributed by atoms with van der Waals surface area (Å²) in [5.74, 6) is -0.778. The smallest absolute Gasteiger partial charge is 0.338 e. The molecule has 5 heterocycles. The van der Waals surface area contributed by atoms with Gasteiger partial charge in [0.1, 0.15) is 23.2 Å². The molecule has 0 spiro atoms. The van der Waals surface area contributed by atoms with Crippen LogP contribution in [0.5, 0.6) is 0 Å². The number of aliphatic imine (C=N–C) groups is 1. The summed E-state index contributed by atoms with van der Waals surface area (Å²) in [5.41, 5.74) is 12.0. The Morgan fingerprint density at radius 2 is 1.73 bits per heavy atom. The Labute approximate surface area is 365 Å². The monoisotopic (exact) mass is 875 g/mol. The molecular weight excluding hydrogens is 825 g/mol. The fourth-order valence-corrected chi connectivity index (χ4v) is 10.1. The van der Waals surface area contributed by atoms with E-state index in [1.807, 2.05) is 24.5 Å². The minimum atomic E-state index is -2.84. The van der Waals surface area contributed by atoms with Gasteiger partial charge in [-0.3, -0.25) is 23.9 Å². The predicted molar refractivity (Wildman–Crippen MR) is 241 cm³/mol. The summed E-state index contributed by atoms with van der Waals surface area (Å²) in [6.07, 6.45) is 8.39. The van der Waals surface area contributed by atoms with Gasteiger partial charge in [0.05, 0.1) is 56.2 Å². The highest BCUT2D eigenvalue weighted by atomic mass is 32.2. The average Bonchev–Trinajstić information content (AvgIpc) is 3.84. The van der Waals surface area contributed by atoms with Crippen LogP contribution in [0.25, 0.3) is 16.6 Å². The molecule has 13 nitrogen and oxygen atoms in total. The molecule has 2 atom stereocenters. The van der Waals surface area contributed by atoms with E-state index in [9.17, 15) is 13.4 Å². The minimum Gasteiger partial charge on any atom is -0.402 e. The van der Waals surface area contributed by atoms with Crippen LogP contribution >= 0.6 is 0 Å². The molecule has 0 saturated carbocycles. The van der Waals surface area contributed by atoms with E-state index in [-0.39, 0.29) is 46.9 Å². The summed E-state index contributed by atoms with van der Waals surface area (Å²) >= 11 is 0. The van der Waals surface area contributed by atoms with Crippen LogP contribution in [0.15, 0.2) is 110 Å². The third-order valence-corrected chi connectivity index (χ3v) is 14.6. The first-order chi connectivity index (χ1) is 30.2. The topological polar surface area (TPSA) is 155 Å². The second-order valence-electron chi connectivity index (χ2n) is 16.2. The van der Waals surface area contributed by atoms with Crippen LogP contribution in [0.4, 0.5) is 14.5 Å². The molecule has 1 fully saturated rings. The Kier molecular flexibility index (Phi) is 12.0. The first-order valence-corrected chi connectivity index (χ1v) is 22.8. The maximum absolute atomic E-state index is 15.9. The van der Waals surface area contributed by atoms with Crippen LogP contribution in [0.1, 0.15) is 77.6 Å². The number of carbonyl (C=O) groups is 1. The lowest BCUT2D eigenvalue weighted by molar-refractivity contribution is 0.0700. The fraction of sp³-hybridized carbons (Fsp3) is 0.340. The molecule has 0 bridgehead atoms. The molecule has 6 aromatic rings. The van der Waals surface area contributed by atoms with Crippen molar-refractivity contribution >= 4 is 38.1 Å². The highest BCUT2D eigenvalue weighted by Crippen LogP contribution is 2.33. The van der Waals surface area contributed by atoms with Crippen molar-refractivity contribution in [1.82, 2.24) is 28.6 Å². The van der Waals surface area contributed by atoms with Gasteiger partial charge >= 0.3 is 5.69 Å². The number of aromatic nitrogens is 5. The molecule has 1 saturated heterocycles. The van der Waals surface area contributed by atoms with Gasteiger partial charge in [-0.2, -0.15) is 0 Å². The van der Waals surface area contributed by atoms with E-state index in [1.165, 1.54) is 41.7 Å². The number of hydrogen-bond acceptors (Lipinski definition) is 9. The van der Waals surface area contributed by atoms with E-state index in [0.717, 1.165) is 40.1 Å². The molecule has 2 aliphatic rings. The SMILES string of the molecule is CC[S@](=O)(=NC)c1ccc(-n2ccn(C(=Nc3cc(C)c(F)c(C)c3)C3=C(N)CCN(C(=O)c4cc5cc(C6CCOCC6)ccc5n4Cc4cnc(C)cn4)[C@H]3C)c2=O)c(F)c1. The molecule has 0 radical (unpaired) electrons. The molecular formula is C47H51F2N9O4S. The minimum absolute atomic E-state index is 0.0780. The number of amides is 1. The second kappa shape index (κ2) is 17.5. The normalized spacial score (nSPS) is 17.4. The first kappa shape index (κ1) is 43.4. The third kappa shape index (κ3) is 8.24. The Hall–Kier alpha value is -6.26. The van der Waals surface area contributed by atoms with Crippen molar-refractivity contribution in [2.75, 3.05) is 32.6 Å². The predicted octanol–water partition coefficient (Wildman–Crippen LogP) is 7.73. The summed E-state index contributed by atoms with van der Waals surface area (Å²) in [6, 6.07) is 14.7. The van der Waals surface area contributed by atoms with Crippen molar-refractivity contribution in [3.8, 4) is 5.69 Å². The molecule has 2 aliphatic heterocycles. The molecule has 328 valence electrons. The number of aryl methyl sites for hydroxylation is 3. The highest BCUT2D eigenvalue weighted by Gasteiger charge is 2.35. The molecule has 1 amide bonds. The van der Waals surface area contributed by atoms with E-state index in [4.69, 9.17) is 15.5 Å². The van der Waals surface area contributed by atoms with Gasteiger partial charge in [0.15, 0.2) is 0 Å². The van der Waals surface area contributed by atoms with E-state index < -0.39 is 27.3 Å². The summed E-state index contributed by atoms with van der Waals surface area (Å²) in [4.78, 5) is 45.6. The molecule has 8 rings (SSSR count). The number of nitrogens with zero attached hydrogens (tertiary/aromatic N) is 8. The maximum atomic E-state index is 15.9. The average molecular weight is 876 g/mol. The summed E-state index contributed by atoms with van der Waals surface area (Å²) in [7, 11) is -1.41. The van der Waals surface area contributed by atoms with E-state index in [1.54, 1.807) is 50.2 Å². The largest absolute Gasteiger partial charge is 0.402 e. The summed E-state index contributed by atoms with van der Waals surface area (Å²) in [6.45, 7) is 10.6. The quantitative estimate of drug-likeness (QED) is 0.115. The van der Waals surface area contributed by atoms with Gasteiger partial charge in [-0.25, -0.2) is 27.1 Å². The van der Waals surface area contributed by atoms with Crippen LogP contribution in [-0.4, -0.2) is 83.1 Å². The number of fused-ring (bicyclic) bond motifs is 1. The lowest BCUT2D eigenvalue weighted by Gasteiger charge is -2.36. The number of hydrogen-bond donors (Lipinski definition) is 1. The van der Waals surface area contributed by atoms with Gasteiger partial charge in [0.2, 0.25) is 0 Å². The van der Waals surface area contributed by atoms with Gasteiger partial charge < -0.3 is 19.9 Å². The molecule has 3 aromatic heterocycles. The number of ether oxygens (including phenoxy) is 1. The Morgan fingerprint density at radius 3 is 2.40 bits per heavy atom. The molecule has 63 heavy (non-hydrogen) atoms. The lowest BCUT2D eigenvalue weighted by Crippen LogP contribution is -2.48. The first-order valence-electron chi connectivity index (χ1n) is 21.1. The number of halogens is 2. The zero-order valence-electron chi connectivity index (χ0n) is 36.3. The van der Waals surface area contributed by atoms with Gasteiger partial charge in [-0.05, 0) is 112 Å². The molecule has 2 N–H and O–H groups in total. The second-order valence-corrected chi connectivity index (χ2v) is 18.9. The Balaban J connectivity index is 1.22. The summed E-state index contributed by atoms with van der Waals surface area (Å²) in [5, 5.41) is 0.918. The van der Waals surface area contributed by atoms with Crippen molar-refractivity contribution in [2.45, 2.75) is 77.3 Å². The number of imidazole rings is 1. The number of nitrogens with two attached hydrogens (primary N) is 1. The van der Waals surface area contributed by atoms with Crippen molar-refractivity contribution in [1.29, 1.82) is 0 Å². The van der Waals surface area contributed by atoms with Crippen LogP contribution < -0.4 is 11.4 Å². The Morgan fingerprint density at radius 1 is 0.984 bits per heavy atom. The van der Waals surface area contributed by atoms with Gasteiger partial charge in [-0.15, -0.1) is 0 Å². The molecule has 0 aliphatic carbocycles. The van der Waals surface area contributed by atoms with E-state index in [0.29, 0.717) is 65.1 Å². The van der Waals surface area contributed by atoms with Gasteiger partial charge in [0.25, 0.3) is 5.91 Å². The fourth-order valence-electron chi connectivity index (χ4n) is 8.69. The standard InChI is InChI=1S/C47H51F2N9O4S/c1-7-63(61,51-6)37-9-11-41(38(48)24-37)56-16-17-57(47(56)60)45(54-35-20-28(2)44(49)29(3)21-35)43-31(5)55(15-12-39(43)50)46(59)42-23-34-22-33(32-13-18-62-19-14-32)8-10-40(34)58(42)27-36-26-52-30(4)25-53-36/h8-11,16-17,20-26,31-32H,7,12-15,18-19,27,50H2,1-6H3/t31-,63+/m0/s1. The van der Waals surface area contributed by atoms with Crippen LogP contribution in [0.3, 0.4) is 0 Å². The van der Waals surface area contributed by atoms with Crippen molar-refractivity contribution < 1.29 is 22.5 Å². The molecule has 0 unspecified atom stereocenters. The summed E-state index contributed by atoms with van der Waals surface area (Å²) < 4.78 is 58.0. The number of benzene rings is 3. The van der Waals surface area contributed by atoms with Gasteiger partial charge in [0, 0.05) is 79.7 Å². The van der Waals surface area contributed by atoms with Crippen LogP contribution in [-0.2, 0) is 21.0 Å².